The number of carbonyl (C=O) groups is 4. The lowest BCUT2D eigenvalue weighted by Crippen LogP contribution is -2.46. The third-order valence-corrected chi connectivity index (χ3v) is 5.57. The molecule has 0 bridgehead atoms. The summed E-state index contributed by atoms with van der Waals surface area (Å²) >= 11 is 0. The number of amides is 3. The van der Waals surface area contributed by atoms with Gasteiger partial charge in [0.1, 0.15) is 11.8 Å². The maximum atomic E-state index is 13.3. The van der Waals surface area contributed by atoms with Gasteiger partial charge in [-0.15, -0.1) is 0 Å². The van der Waals surface area contributed by atoms with Crippen molar-refractivity contribution in [1.82, 2.24) is 4.90 Å². The minimum Gasteiger partial charge on any atom is -0.497 e. The molecule has 184 valence electrons. The lowest BCUT2D eigenvalue weighted by atomic mass is 10.1. The molecule has 0 aromatic heterocycles. The summed E-state index contributed by atoms with van der Waals surface area (Å²) in [5.74, 6) is -1.40. The van der Waals surface area contributed by atoms with Crippen LogP contribution in [-0.4, -0.2) is 67.6 Å². The molecule has 1 atom stereocenters. The molecule has 1 fully saturated rings. The number of ether oxygens (including phenoxy) is 3. The fourth-order valence-electron chi connectivity index (χ4n) is 3.81. The SMILES string of the molecule is COc1ccc(N2C(=O)CC(N(CCc3ccc(OC)c(OC)c3)C(=O)/C=C/C(=O)O)C2=O)cc1. The van der Waals surface area contributed by atoms with E-state index in [1.54, 1.807) is 42.5 Å². The summed E-state index contributed by atoms with van der Waals surface area (Å²) in [5, 5.41) is 8.93. The zero-order valence-corrected chi connectivity index (χ0v) is 19.6. The third-order valence-electron chi connectivity index (χ3n) is 5.57. The molecule has 35 heavy (non-hydrogen) atoms. The van der Waals surface area contributed by atoms with Gasteiger partial charge in [-0.2, -0.15) is 0 Å². The molecule has 1 heterocycles. The average Bonchev–Trinajstić information content (AvgIpc) is 3.15. The first kappa shape index (κ1) is 25.3. The average molecular weight is 482 g/mol. The zero-order chi connectivity index (χ0) is 25.5. The number of carboxylic acid groups (broad SMARTS) is 1. The lowest BCUT2D eigenvalue weighted by Gasteiger charge is -2.27. The largest absolute Gasteiger partial charge is 0.497 e. The van der Waals surface area contributed by atoms with Gasteiger partial charge < -0.3 is 24.2 Å². The second-order valence-corrected chi connectivity index (χ2v) is 7.63. The third kappa shape index (κ3) is 5.78. The summed E-state index contributed by atoms with van der Waals surface area (Å²) < 4.78 is 15.7. The van der Waals surface area contributed by atoms with Crippen LogP contribution in [-0.2, 0) is 25.6 Å². The number of hydrogen-bond donors (Lipinski definition) is 1. The Hall–Kier alpha value is -4.34. The number of imide groups is 1. The molecule has 0 radical (unpaired) electrons. The number of carbonyl (C=O) groups excluding carboxylic acids is 3. The van der Waals surface area contributed by atoms with Crippen LogP contribution in [0.15, 0.2) is 54.6 Å². The molecule has 0 saturated carbocycles. The highest BCUT2D eigenvalue weighted by Gasteiger charge is 2.44. The molecule has 3 rings (SSSR count). The topological polar surface area (TPSA) is 123 Å². The van der Waals surface area contributed by atoms with Crippen LogP contribution in [0, 0.1) is 0 Å². The first-order valence-corrected chi connectivity index (χ1v) is 10.7. The molecular formula is C25H26N2O8. The first-order chi connectivity index (χ1) is 16.8. The lowest BCUT2D eigenvalue weighted by molar-refractivity contribution is -0.135. The van der Waals surface area contributed by atoms with E-state index in [0.717, 1.165) is 16.5 Å². The summed E-state index contributed by atoms with van der Waals surface area (Å²) in [4.78, 5) is 52.1. The predicted molar refractivity (Wildman–Crippen MR) is 126 cm³/mol. The van der Waals surface area contributed by atoms with Crippen molar-refractivity contribution >= 4 is 29.4 Å². The van der Waals surface area contributed by atoms with E-state index in [4.69, 9.17) is 19.3 Å². The number of anilines is 1. The van der Waals surface area contributed by atoms with Gasteiger partial charge in [-0.1, -0.05) is 6.07 Å². The van der Waals surface area contributed by atoms with Crippen molar-refractivity contribution in [1.29, 1.82) is 0 Å². The van der Waals surface area contributed by atoms with Gasteiger partial charge in [0.25, 0.3) is 5.91 Å². The van der Waals surface area contributed by atoms with Gasteiger partial charge in [-0.3, -0.25) is 14.4 Å². The number of carboxylic acids is 1. The number of benzene rings is 2. The van der Waals surface area contributed by atoms with Crippen LogP contribution in [0.1, 0.15) is 12.0 Å². The van der Waals surface area contributed by atoms with Gasteiger partial charge in [0, 0.05) is 18.7 Å². The van der Waals surface area contributed by atoms with Gasteiger partial charge in [-0.05, 0) is 48.4 Å². The van der Waals surface area contributed by atoms with Crippen molar-refractivity contribution in [2.75, 3.05) is 32.8 Å². The van der Waals surface area contributed by atoms with Gasteiger partial charge >= 0.3 is 5.97 Å². The number of aliphatic carboxylic acids is 1. The van der Waals surface area contributed by atoms with Gasteiger partial charge in [0.15, 0.2) is 11.5 Å². The molecular weight excluding hydrogens is 456 g/mol. The van der Waals surface area contributed by atoms with Crippen molar-refractivity contribution in [3.8, 4) is 17.2 Å². The molecule has 2 aromatic carbocycles. The Morgan fingerprint density at radius 3 is 2.29 bits per heavy atom. The van der Waals surface area contributed by atoms with Crippen LogP contribution in [0.25, 0.3) is 0 Å². The van der Waals surface area contributed by atoms with Crippen LogP contribution in [0.3, 0.4) is 0 Å². The summed E-state index contributed by atoms with van der Waals surface area (Å²) in [6, 6.07) is 10.6. The Bertz CT molecular complexity index is 1140. The molecule has 1 aliphatic heterocycles. The summed E-state index contributed by atoms with van der Waals surface area (Å²) in [7, 11) is 4.53. The molecule has 2 aromatic rings. The Labute approximate surface area is 202 Å². The monoisotopic (exact) mass is 482 g/mol. The van der Waals surface area contributed by atoms with E-state index in [1.165, 1.54) is 26.2 Å². The van der Waals surface area contributed by atoms with E-state index in [-0.39, 0.29) is 13.0 Å². The Balaban J connectivity index is 1.86. The van der Waals surface area contributed by atoms with Gasteiger partial charge in [0.2, 0.25) is 11.8 Å². The molecule has 1 unspecified atom stereocenters. The highest BCUT2D eigenvalue weighted by Crippen LogP contribution is 2.30. The molecule has 1 saturated heterocycles. The Kier molecular flexibility index (Phi) is 8.08. The maximum Gasteiger partial charge on any atom is 0.328 e. The van der Waals surface area contributed by atoms with E-state index in [9.17, 15) is 19.2 Å². The van der Waals surface area contributed by atoms with Gasteiger partial charge in [-0.25, -0.2) is 9.69 Å². The molecule has 0 aliphatic carbocycles. The highest BCUT2D eigenvalue weighted by atomic mass is 16.5. The van der Waals surface area contributed by atoms with Crippen LogP contribution in [0.5, 0.6) is 17.2 Å². The zero-order valence-electron chi connectivity index (χ0n) is 19.6. The van der Waals surface area contributed by atoms with Crippen LogP contribution < -0.4 is 19.1 Å². The first-order valence-electron chi connectivity index (χ1n) is 10.7. The van der Waals surface area contributed by atoms with Crippen LogP contribution in [0.2, 0.25) is 0 Å². The fourth-order valence-corrected chi connectivity index (χ4v) is 3.81. The molecule has 10 heteroatoms. The van der Waals surface area contributed by atoms with Crippen molar-refractivity contribution in [2.45, 2.75) is 18.9 Å². The Morgan fingerprint density at radius 2 is 1.69 bits per heavy atom. The molecule has 1 N–H and O–H groups in total. The second kappa shape index (κ2) is 11.2. The summed E-state index contributed by atoms with van der Waals surface area (Å²) in [6.07, 6.45) is 1.69. The molecule has 3 amide bonds. The minimum atomic E-state index is -1.30. The molecule has 1 aliphatic rings. The maximum absolute atomic E-state index is 13.3. The quantitative estimate of drug-likeness (QED) is 0.403. The van der Waals surface area contributed by atoms with Crippen LogP contribution >= 0.6 is 0 Å². The smallest absolute Gasteiger partial charge is 0.328 e. The van der Waals surface area contributed by atoms with Crippen LogP contribution in [0.4, 0.5) is 5.69 Å². The van der Waals surface area contributed by atoms with E-state index in [0.29, 0.717) is 35.4 Å². The number of hydrogen-bond acceptors (Lipinski definition) is 7. The minimum absolute atomic E-state index is 0.0679. The van der Waals surface area contributed by atoms with Crippen molar-refractivity contribution < 1.29 is 38.5 Å². The normalized spacial score (nSPS) is 15.4. The standard InChI is InChI=1S/C25H26N2O8/c1-33-18-7-5-17(6-8-18)27-23(29)15-19(25(27)32)26(22(28)10-11-24(30)31)13-12-16-4-9-20(34-2)21(14-16)35-3/h4-11,14,19H,12-13,15H2,1-3H3,(H,30,31)/b11-10+. The van der Waals surface area contributed by atoms with Gasteiger partial charge in [0.05, 0.1) is 33.4 Å². The van der Waals surface area contributed by atoms with E-state index in [1.807, 2.05) is 0 Å². The van der Waals surface area contributed by atoms with Crippen molar-refractivity contribution in [2.24, 2.45) is 0 Å². The number of nitrogens with zero attached hydrogens (tertiary/aromatic N) is 2. The van der Waals surface area contributed by atoms with E-state index >= 15 is 0 Å². The van der Waals surface area contributed by atoms with Crippen molar-refractivity contribution in [3.05, 3.63) is 60.2 Å². The predicted octanol–water partition coefficient (Wildman–Crippen LogP) is 2.06. The summed E-state index contributed by atoms with van der Waals surface area (Å²) in [6.45, 7) is 0.0679. The number of methoxy groups -OCH3 is 3. The van der Waals surface area contributed by atoms with Crippen molar-refractivity contribution in [3.63, 3.8) is 0 Å². The van der Waals surface area contributed by atoms with E-state index in [2.05, 4.69) is 0 Å². The second-order valence-electron chi connectivity index (χ2n) is 7.63. The number of rotatable bonds is 10. The summed E-state index contributed by atoms with van der Waals surface area (Å²) in [5.41, 5.74) is 1.16. The highest BCUT2D eigenvalue weighted by molar-refractivity contribution is 6.23. The molecule has 10 nitrogen and oxygen atoms in total. The fraction of sp³-hybridized carbons (Fsp3) is 0.280. The van der Waals surface area contributed by atoms with E-state index < -0.39 is 29.7 Å². The molecule has 0 spiro atoms. The Morgan fingerprint density at radius 1 is 1.00 bits per heavy atom.